The molecule has 0 aromatic rings. The van der Waals surface area contributed by atoms with Gasteiger partial charge in [0.15, 0.2) is 0 Å². The van der Waals surface area contributed by atoms with Crippen LogP contribution in [0.2, 0.25) is 25.2 Å². The summed E-state index contributed by atoms with van der Waals surface area (Å²) in [6.45, 7) is 9.24. The summed E-state index contributed by atoms with van der Waals surface area (Å²) >= 11 is 0. The lowest BCUT2D eigenvalue weighted by molar-refractivity contribution is -0.131. The van der Waals surface area contributed by atoms with E-state index in [0.717, 1.165) is 25.9 Å². The smallest absolute Gasteiger partial charge is 0.222 e. The number of rotatable bonds is 9. The first kappa shape index (κ1) is 17.7. The molecular weight excluding hydrogens is 262 g/mol. The van der Waals surface area contributed by atoms with Crippen molar-refractivity contribution in [2.24, 2.45) is 0 Å². The molecule has 20 heavy (non-hydrogen) atoms. The van der Waals surface area contributed by atoms with Gasteiger partial charge in [0.05, 0.1) is 8.07 Å². The minimum Gasteiger partial charge on any atom is -0.343 e. The van der Waals surface area contributed by atoms with Crippen LogP contribution in [0.4, 0.5) is 0 Å². The van der Waals surface area contributed by atoms with E-state index in [4.69, 9.17) is 0 Å². The Kier molecular flexibility index (Phi) is 8.51. The second-order valence-corrected chi connectivity index (χ2v) is 12.6. The van der Waals surface area contributed by atoms with Crippen LogP contribution in [0.3, 0.4) is 0 Å². The van der Waals surface area contributed by atoms with Crippen LogP contribution in [0.5, 0.6) is 0 Å². The maximum Gasteiger partial charge on any atom is 0.222 e. The Balaban J connectivity index is 1.98. The molecule has 1 aliphatic rings. The average molecular weight is 298 g/mol. The minimum absolute atomic E-state index is 0.417. The van der Waals surface area contributed by atoms with E-state index >= 15 is 0 Å². The lowest BCUT2D eigenvalue weighted by atomic mass is 10.1. The van der Waals surface area contributed by atoms with Crippen molar-refractivity contribution >= 4 is 14.0 Å². The number of amides is 1. The average Bonchev–Trinajstić information content (AvgIpc) is 2.41. The lowest BCUT2D eigenvalue weighted by Crippen LogP contribution is -2.45. The molecule has 0 radical (unpaired) electrons. The normalized spacial score (nSPS) is 18.2. The first-order valence-corrected chi connectivity index (χ1v) is 12.2. The van der Waals surface area contributed by atoms with Crippen LogP contribution in [0, 0.1) is 0 Å². The van der Waals surface area contributed by atoms with Crippen LogP contribution in [-0.4, -0.2) is 32.0 Å². The number of carbonyl (C=O) groups is 1. The molecule has 0 aromatic heterocycles. The second kappa shape index (κ2) is 9.59. The van der Waals surface area contributed by atoms with Crippen molar-refractivity contribution in [2.45, 2.75) is 89.9 Å². The standard InChI is InChI=1S/C17H35NOSi/c1-4-5-6-7-8-9-10-11-12-17(19)18-13-15-20(2,3)16-14-18/h4-16H2,1-3H3. The third kappa shape index (κ3) is 7.46. The summed E-state index contributed by atoms with van der Waals surface area (Å²) in [5.74, 6) is 0.417. The number of carbonyl (C=O) groups excluding carboxylic acids is 1. The molecule has 0 spiro atoms. The van der Waals surface area contributed by atoms with Crippen LogP contribution < -0.4 is 0 Å². The Morgan fingerprint density at radius 3 is 1.95 bits per heavy atom. The highest BCUT2D eigenvalue weighted by molar-refractivity contribution is 6.77. The van der Waals surface area contributed by atoms with Gasteiger partial charge in [-0.3, -0.25) is 4.79 Å². The SMILES string of the molecule is CCCCCCCCCCC(=O)N1CC[Si](C)(C)CC1. The molecule has 2 nitrogen and oxygen atoms in total. The third-order valence-electron chi connectivity index (χ3n) is 4.71. The minimum atomic E-state index is -0.932. The predicted molar refractivity (Wildman–Crippen MR) is 90.9 cm³/mol. The molecule has 1 saturated heterocycles. The second-order valence-electron chi connectivity index (χ2n) is 7.27. The first-order chi connectivity index (χ1) is 9.55. The summed E-state index contributed by atoms with van der Waals surface area (Å²) < 4.78 is 0. The van der Waals surface area contributed by atoms with Crippen molar-refractivity contribution in [3.05, 3.63) is 0 Å². The number of hydrogen-bond acceptors (Lipinski definition) is 1. The quantitative estimate of drug-likeness (QED) is 0.430. The van der Waals surface area contributed by atoms with Gasteiger partial charge in [0.1, 0.15) is 0 Å². The fourth-order valence-corrected chi connectivity index (χ4v) is 4.93. The topological polar surface area (TPSA) is 20.3 Å². The van der Waals surface area contributed by atoms with Crippen molar-refractivity contribution < 1.29 is 4.79 Å². The van der Waals surface area contributed by atoms with Crippen LogP contribution in [-0.2, 0) is 4.79 Å². The van der Waals surface area contributed by atoms with Crippen molar-refractivity contribution in [3.63, 3.8) is 0 Å². The van der Waals surface area contributed by atoms with Crippen LogP contribution in [0.1, 0.15) is 64.7 Å². The monoisotopic (exact) mass is 297 g/mol. The molecule has 0 saturated carbocycles. The molecule has 0 bridgehead atoms. The van der Waals surface area contributed by atoms with Crippen molar-refractivity contribution in [2.75, 3.05) is 13.1 Å². The van der Waals surface area contributed by atoms with Crippen molar-refractivity contribution in [1.29, 1.82) is 0 Å². The van der Waals surface area contributed by atoms with Gasteiger partial charge in [-0.05, 0) is 18.5 Å². The van der Waals surface area contributed by atoms with E-state index in [1.807, 2.05) is 0 Å². The Bertz CT molecular complexity index is 268. The van der Waals surface area contributed by atoms with Gasteiger partial charge in [0, 0.05) is 19.5 Å². The van der Waals surface area contributed by atoms with Gasteiger partial charge in [-0.1, -0.05) is 65.0 Å². The summed E-state index contributed by atoms with van der Waals surface area (Å²) in [7, 11) is -0.932. The Hall–Kier alpha value is -0.313. The molecule has 0 aromatic carbocycles. The van der Waals surface area contributed by atoms with Crippen LogP contribution in [0.15, 0.2) is 0 Å². The molecule has 1 aliphatic heterocycles. The fourth-order valence-electron chi connectivity index (χ4n) is 2.93. The van der Waals surface area contributed by atoms with Crippen LogP contribution >= 0.6 is 0 Å². The zero-order chi connectivity index (χ0) is 14.8. The van der Waals surface area contributed by atoms with Gasteiger partial charge in [0.25, 0.3) is 0 Å². The zero-order valence-electron chi connectivity index (χ0n) is 14.0. The van der Waals surface area contributed by atoms with Gasteiger partial charge in [-0.15, -0.1) is 0 Å². The van der Waals surface area contributed by atoms with E-state index in [9.17, 15) is 4.79 Å². The molecule has 1 heterocycles. The van der Waals surface area contributed by atoms with E-state index in [-0.39, 0.29) is 0 Å². The van der Waals surface area contributed by atoms with Gasteiger partial charge < -0.3 is 4.90 Å². The highest BCUT2D eigenvalue weighted by Crippen LogP contribution is 2.22. The van der Waals surface area contributed by atoms with Crippen molar-refractivity contribution in [1.82, 2.24) is 4.90 Å². The third-order valence-corrected chi connectivity index (χ3v) is 7.87. The molecule has 1 amide bonds. The number of nitrogens with zero attached hydrogens (tertiary/aromatic N) is 1. The molecule has 118 valence electrons. The lowest BCUT2D eigenvalue weighted by Gasteiger charge is -2.35. The molecule has 0 atom stereocenters. The van der Waals surface area contributed by atoms with E-state index in [0.29, 0.717) is 5.91 Å². The first-order valence-electron chi connectivity index (χ1n) is 8.83. The largest absolute Gasteiger partial charge is 0.343 e. The van der Waals surface area contributed by atoms with E-state index in [2.05, 4.69) is 24.9 Å². The van der Waals surface area contributed by atoms with E-state index < -0.39 is 8.07 Å². The summed E-state index contributed by atoms with van der Waals surface area (Å²) in [4.78, 5) is 14.2. The fraction of sp³-hybridized carbons (Fsp3) is 0.941. The Labute approximate surface area is 127 Å². The number of hydrogen-bond donors (Lipinski definition) is 0. The van der Waals surface area contributed by atoms with Gasteiger partial charge in [-0.2, -0.15) is 0 Å². The molecule has 0 unspecified atom stereocenters. The number of unbranched alkanes of at least 4 members (excludes halogenated alkanes) is 7. The van der Waals surface area contributed by atoms with Gasteiger partial charge in [-0.25, -0.2) is 0 Å². The van der Waals surface area contributed by atoms with E-state index in [1.165, 1.54) is 57.0 Å². The summed E-state index contributed by atoms with van der Waals surface area (Å²) in [6.07, 6.45) is 11.3. The predicted octanol–water partition coefficient (Wildman–Crippen LogP) is 5.07. The maximum atomic E-state index is 12.1. The Morgan fingerprint density at radius 1 is 0.900 bits per heavy atom. The highest BCUT2D eigenvalue weighted by atomic mass is 28.3. The molecular formula is C17H35NOSi. The molecule has 1 rings (SSSR count). The van der Waals surface area contributed by atoms with Crippen LogP contribution in [0.25, 0.3) is 0 Å². The highest BCUT2D eigenvalue weighted by Gasteiger charge is 2.28. The summed E-state index contributed by atoms with van der Waals surface area (Å²) in [6, 6.07) is 2.60. The van der Waals surface area contributed by atoms with Gasteiger partial charge >= 0.3 is 0 Å². The summed E-state index contributed by atoms with van der Waals surface area (Å²) in [5.41, 5.74) is 0. The van der Waals surface area contributed by atoms with E-state index in [1.54, 1.807) is 0 Å². The Morgan fingerprint density at radius 2 is 1.40 bits per heavy atom. The molecule has 0 N–H and O–H groups in total. The van der Waals surface area contributed by atoms with Crippen molar-refractivity contribution in [3.8, 4) is 0 Å². The summed E-state index contributed by atoms with van der Waals surface area (Å²) in [5, 5.41) is 0. The molecule has 3 heteroatoms. The molecule has 1 fully saturated rings. The molecule has 0 aliphatic carbocycles. The zero-order valence-corrected chi connectivity index (χ0v) is 15.0. The van der Waals surface area contributed by atoms with Gasteiger partial charge in [0.2, 0.25) is 5.91 Å². The maximum absolute atomic E-state index is 12.1.